The Kier molecular flexibility index (Phi) is 4.95. The minimum absolute atomic E-state index is 0.210. The predicted octanol–water partition coefficient (Wildman–Crippen LogP) is 2.55. The Morgan fingerprint density at radius 2 is 1.80 bits per heavy atom. The van der Waals surface area contributed by atoms with Crippen LogP contribution in [0.15, 0.2) is 48.5 Å². The second-order valence-electron chi connectivity index (χ2n) is 6.87. The standard InChI is InChI=1S/C20H24N2O3/c1-20(2,15-8-9-16-17(12-15)25-11-10-24-16)13-22-18(19(21)23)14-6-4-3-5-7-14/h3-9,12,18,22H,10-11,13H2,1-2H3,(H2,21,23)/t18-/m0/s1. The number of fused-ring (bicyclic) bond motifs is 1. The molecule has 0 fully saturated rings. The summed E-state index contributed by atoms with van der Waals surface area (Å²) in [6, 6.07) is 15.0. The fourth-order valence-electron chi connectivity index (χ4n) is 2.95. The third-order valence-electron chi connectivity index (χ3n) is 4.49. The smallest absolute Gasteiger partial charge is 0.239 e. The van der Waals surface area contributed by atoms with Crippen LogP contribution in [0.2, 0.25) is 0 Å². The van der Waals surface area contributed by atoms with Gasteiger partial charge in [0.1, 0.15) is 19.3 Å². The largest absolute Gasteiger partial charge is 0.486 e. The number of hydrogen-bond acceptors (Lipinski definition) is 4. The van der Waals surface area contributed by atoms with Crippen LogP contribution in [-0.2, 0) is 10.2 Å². The Morgan fingerprint density at radius 3 is 2.48 bits per heavy atom. The van der Waals surface area contributed by atoms with Crippen molar-refractivity contribution in [3.63, 3.8) is 0 Å². The van der Waals surface area contributed by atoms with Gasteiger partial charge in [-0.15, -0.1) is 0 Å². The van der Waals surface area contributed by atoms with Crippen molar-refractivity contribution in [3.8, 4) is 11.5 Å². The van der Waals surface area contributed by atoms with Gasteiger partial charge in [-0.1, -0.05) is 50.2 Å². The van der Waals surface area contributed by atoms with Gasteiger partial charge in [0.25, 0.3) is 0 Å². The SMILES string of the molecule is CC(C)(CN[C@H](C(N)=O)c1ccccc1)c1ccc2c(c1)OCCO2. The molecule has 0 aliphatic carbocycles. The Balaban J connectivity index is 1.75. The van der Waals surface area contributed by atoms with E-state index in [0.717, 1.165) is 22.6 Å². The molecule has 0 bridgehead atoms. The molecule has 3 N–H and O–H groups in total. The Morgan fingerprint density at radius 1 is 1.12 bits per heavy atom. The molecule has 5 nitrogen and oxygen atoms in total. The third kappa shape index (κ3) is 3.94. The van der Waals surface area contributed by atoms with E-state index in [1.807, 2.05) is 48.5 Å². The first kappa shape index (κ1) is 17.3. The van der Waals surface area contributed by atoms with Crippen molar-refractivity contribution < 1.29 is 14.3 Å². The molecule has 1 aliphatic rings. The van der Waals surface area contributed by atoms with Crippen LogP contribution in [0.4, 0.5) is 0 Å². The fraction of sp³-hybridized carbons (Fsp3) is 0.350. The quantitative estimate of drug-likeness (QED) is 0.847. The molecular weight excluding hydrogens is 316 g/mol. The van der Waals surface area contributed by atoms with E-state index < -0.39 is 6.04 Å². The maximum atomic E-state index is 11.9. The number of hydrogen-bond donors (Lipinski definition) is 2. The first-order valence-corrected chi connectivity index (χ1v) is 8.45. The summed E-state index contributed by atoms with van der Waals surface area (Å²) in [5, 5.41) is 3.31. The summed E-state index contributed by atoms with van der Waals surface area (Å²) in [7, 11) is 0. The lowest BCUT2D eigenvalue weighted by atomic mass is 9.84. The molecule has 0 saturated carbocycles. The third-order valence-corrected chi connectivity index (χ3v) is 4.49. The maximum Gasteiger partial charge on any atom is 0.239 e. The summed E-state index contributed by atoms with van der Waals surface area (Å²) in [5.41, 5.74) is 7.36. The average molecular weight is 340 g/mol. The monoisotopic (exact) mass is 340 g/mol. The molecule has 0 aromatic heterocycles. The van der Waals surface area contributed by atoms with E-state index in [4.69, 9.17) is 15.2 Å². The van der Waals surface area contributed by atoms with Crippen molar-refractivity contribution in [2.45, 2.75) is 25.3 Å². The minimum Gasteiger partial charge on any atom is -0.486 e. The average Bonchev–Trinajstić information content (AvgIpc) is 2.62. The second-order valence-corrected chi connectivity index (χ2v) is 6.87. The van der Waals surface area contributed by atoms with E-state index in [2.05, 4.69) is 19.2 Å². The van der Waals surface area contributed by atoms with Crippen molar-refractivity contribution in [3.05, 3.63) is 59.7 Å². The molecule has 0 saturated heterocycles. The zero-order chi connectivity index (χ0) is 17.9. The Labute approximate surface area is 148 Å². The molecular formula is C20H24N2O3. The first-order chi connectivity index (χ1) is 12.0. The van der Waals surface area contributed by atoms with Crippen LogP contribution in [0.1, 0.15) is 31.0 Å². The number of nitrogens with one attached hydrogen (secondary N) is 1. The van der Waals surface area contributed by atoms with Crippen molar-refractivity contribution >= 4 is 5.91 Å². The molecule has 3 rings (SSSR count). The van der Waals surface area contributed by atoms with Crippen LogP contribution in [-0.4, -0.2) is 25.7 Å². The van der Waals surface area contributed by atoms with E-state index in [9.17, 15) is 4.79 Å². The molecule has 1 atom stereocenters. The lowest BCUT2D eigenvalue weighted by molar-refractivity contribution is -0.120. The highest BCUT2D eigenvalue weighted by atomic mass is 16.6. The van der Waals surface area contributed by atoms with Crippen LogP contribution in [0.25, 0.3) is 0 Å². The van der Waals surface area contributed by atoms with Gasteiger partial charge in [0.15, 0.2) is 11.5 Å². The molecule has 1 aliphatic heterocycles. The number of ether oxygens (including phenoxy) is 2. The van der Waals surface area contributed by atoms with Crippen molar-refractivity contribution in [1.29, 1.82) is 0 Å². The molecule has 5 heteroatoms. The lowest BCUT2D eigenvalue weighted by Crippen LogP contribution is -2.40. The summed E-state index contributed by atoms with van der Waals surface area (Å²) in [4.78, 5) is 11.9. The molecule has 2 aromatic rings. The number of carbonyl (C=O) groups is 1. The highest BCUT2D eigenvalue weighted by molar-refractivity contribution is 5.81. The van der Waals surface area contributed by atoms with E-state index in [0.29, 0.717) is 19.8 Å². The van der Waals surface area contributed by atoms with Gasteiger partial charge in [0.05, 0.1) is 0 Å². The number of nitrogens with two attached hydrogens (primary N) is 1. The van der Waals surface area contributed by atoms with Gasteiger partial charge < -0.3 is 20.5 Å². The molecule has 0 unspecified atom stereocenters. The molecule has 1 amide bonds. The van der Waals surface area contributed by atoms with Gasteiger partial charge in [-0.05, 0) is 23.3 Å². The van der Waals surface area contributed by atoms with E-state index in [-0.39, 0.29) is 11.3 Å². The van der Waals surface area contributed by atoms with Crippen LogP contribution in [0, 0.1) is 0 Å². The molecule has 0 radical (unpaired) electrons. The first-order valence-electron chi connectivity index (χ1n) is 8.45. The lowest BCUT2D eigenvalue weighted by Gasteiger charge is -2.29. The van der Waals surface area contributed by atoms with Crippen LogP contribution >= 0.6 is 0 Å². The molecule has 1 heterocycles. The highest BCUT2D eigenvalue weighted by Crippen LogP contribution is 2.35. The number of carbonyl (C=O) groups excluding carboxylic acids is 1. The van der Waals surface area contributed by atoms with Gasteiger partial charge in [-0.3, -0.25) is 4.79 Å². The summed E-state index contributed by atoms with van der Waals surface area (Å²) in [6.45, 7) is 5.97. The second kappa shape index (κ2) is 7.15. The molecule has 0 spiro atoms. The predicted molar refractivity (Wildman–Crippen MR) is 96.8 cm³/mol. The highest BCUT2D eigenvalue weighted by Gasteiger charge is 2.26. The maximum absolute atomic E-state index is 11.9. The molecule has 25 heavy (non-hydrogen) atoms. The zero-order valence-electron chi connectivity index (χ0n) is 14.6. The van der Waals surface area contributed by atoms with Crippen molar-refractivity contribution in [2.75, 3.05) is 19.8 Å². The van der Waals surface area contributed by atoms with Crippen LogP contribution in [0.3, 0.4) is 0 Å². The summed E-state index contributed by atoms with van der Waals surface area (Å²) in [6.07, 6.45) is 0. The van der Waals surface area contributed by atoms with E-state index in [1.54, 1.807) is 0 Å². The van der Waals surface area contributed by atoms with Gasteiger partial charge in [-0.2, -0.15) is 0 Å². The van der Waals surface area contributed by atoms with Crippen molar-refractivity contribution in [1.82, 2.24) is 5.32 Å². The van der Waals surface area contributed by atoms with Gasteiger partial charge in [-0.25, -0.2) is 0 Å². The molecule has 132 valence electrons. The zero-order valence-corrected chi connectivity index (χ0v) is 14.6. The van der Waals surface area contributed by atoms with Crippen LogP contribution < -0.4 is 20.5 Å². The number of rotatable bonds is 6. The minimum atomic E-state index is -0.516. The summed E-state index contributed by atoms with van der Waals surface area (Å²) < 4.78 is 11.2. The van der Waals surface area contributed by atoms with E-state index in [1.165, 1.54) is 0 Å². The van der Waals surface area contributed by atoms with Gasteiger partial charge in [0.2, 0.25) is 5.91 Å². The number of primary amides is 1. The fourth-order valence-corrected chi connectivity index (χ4v) is 2.95. The molecule has 2 aromatic carbocycles. The van der Waals surface area contributed by atoms with Gasteiger partial charge >= 0.3 is 0 Å². The number of benzene rings is 2. The Bertz CT molecular complexity index is 744. The topological polar surface area (TPSA) is 73.6 Å². The van der Waals surface area contributed by atoms with Crippen LogP contribution in [0.5, 0.6) is 11.5 Å². The van der Waals surface area contributed by atoms with Crippen molar-refractivity contribution in [2.24, 2.45) is 5.73 Å². The number of amides is 1. The van der Waals surface area contributed by atoms with Gasteiger partial charge in [0, 0.05) is 12.0 Å². The van der Waals surface area contributed by atoms with E-state index >= 15 is 0 Å². The summed E-state index contributed by atoms with van der Waals surface area (Å²) in [5.74, 6) is 1.16. The summed E-state index contributed by atoms with van der Waals surface area (Å²) >= 11 is 0. The Hall–Kier alpha value is -2.53. The normalized spacial score (nSPS) is 14.8.